The lowest BCUT2D eigenvalue weighted by atomic mass is 10.0. The van der Waals surface area contributed by atoms with Gasteiger partial charge in [0.05, 0.1) is 21.3 Å². The minimum Gasteiger partial charge on any atom is -0.493 e. The van der Waals surface area contributed by atoms with E-state index >= 15 is 0 Å². The van der Waals surface area contributed by atoms with Crippen molar-refractivity contribution in [1.82, 2.24) is 0 Å². The first-order valence-corrected chi connectivity index (χ1v) is 10.2. The van der Waals surface area contributed by atoms with Crippen LogP contribution in [0.5, 0.6) is 17.2 Å². The molecule has 0 spiro atoms. The number of benzene rings is 2. The van der Waals surface area contributed by atoms with E-state index < -0.39 is 9.04 Å². The highest BCUT2D eigenvalue weighted by Crippen LogP contribution is 2.43. The molecule has 1 aliphatic heterocycles. The first kappa shape index (κ1) is 16.9. The van der Waals surface area contributed by atoms with Gasteiger partial charge in [-0.05, 0) is 24.1 Å². The van der Waals surface area contributed by atoms with E-state index in [2.05, 4.69) is 18.2 Å². The lowest BCUT2D eigenvalue weighted by Gasteiger charge is -2.26. The molecule has 5 heteroatoms. The Hall–Kier alpha value is -1.98. The van der Waals surface area contributed by atoms with Gasteiger partial charge in [0, 0.05) is 17.4 Å². The van der Waals surface area contributed by atoms with Crippen molar-refractivity contribution in [1.29, 1.82) is 0 Å². The second-order valence-corrected chi connectivity index (χ2v) is 8.34. The molecule has 1 saturated heterocycles. The zero-order valence-electron chi connectivity index (χ0n) is 14.5. The third-order valence-electron chi connectivity index (χ3n) is 4.44. The minimum atomic E-state index is -1.53. The van der Waals surface area contributed by atoms with Crippen molar-refractivity contribution >= 4 is 14.2 Å². The van der Waals surface area contributed by atoms with Crippen LogP contribution < -0.4 is 19.4 Å². The van der Waals surface area contributed by atoms with Crippen LogP contribution in [0.4, 0.5) is 0 Å². The molecule has 0 aromatic heterocycles. The average molecular weight is 344 g/mol. The Morgan fingerprint density at radius 1 is 0.875 bits per heavy atom. The van der Waals surface area contributed by atoms with Gasteiger partial charge >= 0.3 is 0 Å². The van der Waals surface area contributed by atoms with Crippen molar-refractivity contribution in [3.8, 4) is 28.4 Å². The van der Waals surface area contributed by atoms with E-state index in [0.29, 0.717) is 11.5 Å². The summed E-state index contributed by atoms with van der Waals surface area (Å²) < 4.78 is 23.2. The van der Waals surface area contributed by atoms with Crippen LogP contribution in [0.15, 0.2) is 36.4 Å². The molecular formula is C19H24O4Si. The van der Waals surface area contributed by atoms with Gasteiger partial charge in [0.25, 0.3) is 0 Å². The first-order chi connectivity index (χ1) is 11.8. The number of methoxy groups -OCH3 is 3. The Kier molecular flexibility index (Phi) is 5.43. The smallest absolute Gasteiger partial charge is 0.212 e. The van der Waals surface area contributed by atoms with E-state index in [9.17, 15) is 0 Å². The van der Waals surface area contributed by atoms with Gasteiger partial charge in [-0.3, -0.25) is 0 Å². The molecule has 0 radical (unpaired) electrons. The van der Waals surface area contributed by atoms with Crippen molar-refractivity contribution in [2.24, 2.45) is 0 Å². The molecule has 0 bridgehead atoms. The van der Waals surface area contributed by atoms with E-state index in [1.54, 1.807) is 21.3 Å². The molecule has 24 heavy (non-hydrogen) atoms. The van der Waals surface area contributed by atoms with Crippen LogP contribution in [0, 0.1) is 0 Å². The Labute approximate surface area is 145 Å². The van der Waals surface area contributed by atoms with Crippen LogP contribution in [0.2, 0.25) is 6.04 Å². The molecule has 0 N–H and O–H groups in total. The largest absolute Gasteiger partial charge is 0.493 e. The van der Waals surface area contributed by atoms with Gasteiger partial charge in [-0.25, -0.2) is 0 Å². The fraction of sp³-hybridized carbons (Fsp3) is 0.368. The van der Waals surface area contributed by atoms with Gasteiger partial charge in [0.1, 0.15) is 0 Å². The number of hydrogen-bond acceptors (Lipinski definition) is 4. The fourth-order valence-corrected chi connectivity index (χ4v) is 5.96. The molecule has 0 saturated carbocycles. The highest BCUT2D eigenvalue weighted by Gasteiger charge is 2.28. The zero-order valence-corrected chi connectivity index (χ0v) is 15.7. The average Bonchev–Trinajstić information content (AvgIpc) is 2.67. The Morgan fingerprint density at radius 3 is 2.17 bits per heavy atom. The highest BCUT2D eigenvalue weighted by molar-refractivity contribution is 6.68. The number of ether oxygens (including phenoxy) is 3. The molecule has 2 aromatic rings. The van der Waals surface area contributed by atoms with Crippen LogP contribution in [0.3, 0.4) is 0 Å². The topological polar surface area (TPSA) is 36.9 Å². The standard InChI is InChI=1S/C19H24O4Si/c1-20-17-15(14-9-5-4-6-10-14)13-16(18(21-2)19(17)22-3)24-12-8-7-11-23-24/h4-6,9-10,13,24H,7-8,11-12H2,1-3H3. The van der Waals surface area contributed by atoms with Gasteiger partial charge < -0.3 is 18.6 Å². The lowest BCUT2D eigenvalue weighted by molar-refractivity contribution is 0.292. The third kappa shape index (κ3) is 3.14. The van der Waals surface area contributed by atoms with Crippen molar-refractivity contribution in [3.05, 3.63) is 36.4 Å². The van der Waals surface area contributed by atoms with E-state index in [1.807, 2.05) is 18.2 Å². The molecule has 1 fully saturated rings. The number of hydrogen-bond donors (Lipinski definition) is 0. The third-order valence-corrected chi connectivity index (χ3v) is 7.14. The monoisotopic (exact) mass is 344 g/mol. The molecule has 0 amide bonds. The second-order valence-electron chi connectivity index (χ2n) is 5.83. The molecule has 1 unspecified atom stereocenters. The molecular weight excluding hydrogens is 320 g/mol. The first-order valence-electron chi connectivity index (χ1n) is 8.30. The van der Waals surface area contributed by atoms with Crippen molar-refractivity contribution in [2.75, 3.05) is 27.9 Å². The van der Waals surface area contributed by atoms with E-state index in [1.165, 1.54) is 6.42 Å². The van der Waals surface area contributed by atoms with Crippen molar-refractivity contribution in [2.45, 2.75) is 18.9 Å². The summed E-state index contributed by atoms with van der Waals surface area (Å²) in [7, 11) is 3.47. The van der Waals surface area contributed by atoms with Gasteiger partial charge in [0.2, 0.25) is 14.8 Å². The van der Waals surface area contributed by atoms with E-state index in [-0.39, 0.29) is 0 Å². The van der Waals surface area contributed by atoms with Gasteiger partial charge in [-0.2, -0.15) is 0 Å². The van der Waals surface area contributed by atoms with Gasteiger partial charge in [0.15, 0.2) is 11.5 Å². The van der Waals surface area contributed by atoms with E-state index in [4.69, 9.17) is 18.6 Å². The molecule has 1 heterocycles. The summed E-state index contributed by atoms with van der Waals surface area (Å²) in [6, 6.07) is 13.5. The quantitative estimate of drug-likeness (QED) is 0.781. The van der Waals surface area contributed by atoms with Crippen LogP contribution >= 0.6 is 0 Å². The summed E-state index contributed by atoms with van der Waals surface area (Å²) in [5, 5.41) is 1.16. The Morgan fingerprint density at radius 2 is 1.58 bits per heavy atom. The SMILES string of the molecule is COc1c(-c2ccccc2)cc([SiH]2CCCCO2)c(OC)c1OC. The predicted molar refractivity (Wildman–Crippen MR) is 98.3 cm³/mol. The van der Waals surface area contributed by atoms with E-state index in [0.717, 1.165) is 41.1 Å². The van der Waals surface area contributed by atoms with Crippen molar-refractivity contribution in [3.63, 3.8) is 0 Å². The summed E-state index contributed by atoms with van der Waals surface area (Å²) >= 11 is 0. The normalized spacial score (nSPS) is 17.4. The maximum Gasteiger partial charge on any atom is 0.212 e. The second kappa shape index (κ2) is 7.72. The molecule has 1 aliphatic rings. The van der Waals surface area contributed by atoms with Gasteiger partial charge in [-0.15, -0.1) is 0 Å². The maximum atomic E-state index is 6.13. The Bertz CT molecular complexity index is 682. The molecule has 3 rings (SSSR count). The maximum absolute atomic E-state index is 6.13. The van der Waals surface area contributed by atoms with Crippen molar-refractivity contribution < 1.29 is 18.6 Å². The zero-order chi connectivity index (χ0) is 16.9. The molecule has 4 nitrogen and oxygen atoms in total. The summed E-state index contributed by atoms with van der Waals surface area (Å²) in [6.07, 6.45) is 2.36. The lowest BCUT2D eigenvalue weighted by Crippen LogP contribution is -2.37. The summed E-state index contributed by atoms with van der Waals surface area (Å²) in [4.78, 5) is 0. The summed E-state index contributed by atoms with van der Waals surface area (Å²) in [6.45, 7) is 0.842. The fourth-order valence-electron chi connectivity index (χ4n) is 3.30. The molecule has 1 atom stereocenters. The summed E-state index contributed by atoms with van der Waals surface area (Å²) in [5.74, 6) is 2.11. The van der Waals surface area contributed by atoms with Crippen LogP contribution in [0.1, 0.15) is 12.8 Å². The van der Waals surface area contributed by atoms with Gasteiger partial charge in [-0.1, -0.05) is 36.8 Å². The Balaban J connectivity index is 2.21. The minimum absolute atomic E-state index is 0.651. The highest BCUT2D eigenvalue weighted by atomic mass is 28.3. The number of rotatable bonds is 5. The molecule has 128 valence electrons. The van der Waals surface area contributed by atoms with Crippen LogP contribution in [-0.2, 0) is 4.43 Å². The molecule has 2 aromatic carbocycles. The van der Waals surface area contributed by atoms with Crippen LogP contribution in [0.25, 0.3) is 11.1 Å². The predicted octanol–water partition coefficient (Wildman–Crippen LogP) is 3.12. The summed E-state index contributed by atoms with van der Waals surface area (Å²) in [5.41, 5.74) is 2.12. The molecule has 0 aliphatic carbocycles. The van der Waals surface area contributed by atoms with Crippen LogP contribution in [-0.4, -0.2) is 37.0 Å².